The quantitative estimate of drug-likeness (QED) is 0.882. The number of anilines is 1. The lowest BCUT2D eigenvalue weighted by atomic mass is 10.0. The third-order valence-electron chi connectivity index (χ3n) is 4.81. The van der Waals surface area contributed by atoms with Crippen LogP contribution in [0.1, 0.15) is 42.6 Å². The van der Waals surface area contributed by atoms with Crippen LogP contribution >= 0.6 is 0 Å². The fourth-order valence-electron chi connectivity index (χ4n) is 3.58. The standard InChI is InChI=1S/C18H28N4/c1-13-12-15-17(19)14-8-5-4-6-9-16(14)20-18(15)22(13)11-7-10-21(2)3/h12H,4-11H2,1-3H3,(H2,19,20). The third kappa shape index (κ3) is 2.84. The molecule has 4 heteroatoms. The van der Waals surface area contributed by atoms with Gasteiger partial charge in [-0.05, 0) is 71.3 Å². The van der Waals surface area contributed by atoms with Gasteiger partial charge in [-0.1, -0.05) is 6.42 Å². The smallest absolute Gasteiger partial charge is 0.142 e. The molecule has 2 heterocycles. The van der Waals surface area contributed by atoms with E-state index in [0.29, 0.717) is 0 Å². The van der Waals surface area contributed by atoms with E-state index >= 15 is 0 Å². The maximum atomic E-state index is 6.51. The normalized spacial score (nSPS) is 15.3. The van der Waals surface area contributed by atoms with Crippen molar-refractivity contribution in [2.24, 2.45) is 0 Å². The number of hydrogen-bond acceptors (Lipinski definition) is 3. The summed E-state index contributed by atoms with van der Waals surface area (Å²) in [5.74, 6) is 0. The summed E-state index contributed by atoms with van der Waals surface area (Å²) in [6, 6.07) is 2.22. The monoisotopic (exact) mass is 300 g/mol. The van der Waals surface area contributed by atoms with Gasteiger partial charge in [-0.15, -0.1) is 0 Å². The lowest BCUT2D eigenvalue weighted by molar-refractivity contribution is 0.387. The summed E-state index contributed by atoms with van der Waals surface area (Å²) in [5, 5.41) is 1.16. The van der Waals surface area contributed by atoms with E-state index in [4.69, 9.17) is 10.7 Å². The second-order valence-corrected chi connectivity index (χ2v) is 6.84. The van der Waals surface area contributed by atoms with Gasteiger partial charge in [-0.25, -0.2) is 4.98 Å². The van der Waals surface area contributed by atoms with Gasteiger partial charge in [0, 0.05) is 29.0 Å². The Labute approximate surface area is 133 Å². The van der Waals surface area contributed by atoms with Crippen LogP contribution in [0.5, 0.6) is 0 Å². The molecule has 1 aliphatic rings. The van der Waals surface area contributed by atoms with Crippen LogP contribution in [0.15, 0.2) is 6.07 Å². The van der Waals surface area contributed by atoms with Gasteiger partial charge in [0.25, 0.3) is 0 Å². The molecule has 0 unspecified atom stereocenters. The fraction of sp³-hybridized carbons (Fsp3) is 0.611. The summed E-state index contributed by atoms with van der Waals surface area (Å²) in [6.45, 7) is 4.28. The molecule has 0 saturated carbocycles. The van der Waals surface area contributed by atoms with E-state index < -0.39 is 0 Å². The van der Waals surface area contributed by atoms with Crippen molar-refractivity contribution >= 4 is 16.7 Å². The molecule has 0 spiro atoms. The van der Waals surface area contributed by atoms with Gasteiger partial charge in [0.05, 0.1) is 0 Å². The van der Waals surface area contributed by atoms with Crippen LogP contribution in [0.25, 0.3) is 11.0 Å². The van der Waals surface area contributed by atoms with Gasteiger partial charge >= 0.3 is 0 Å². The number of pyridine rings is 1. The van der Waals surface area contributed by atoms with Crippen molar-refractivity contribution in [3.8, 4) is 0 Å². The highest BCUT2D eigenvalue weighted by Gasteiger charge is 2.18. The number of aryl methyl sites for hydroxylation is 3. The molecule has 4 nitrogen and oxygen atoms in total. The van der Waals surface area contributed by atoms with E-state index in [1.54, 1.807) is 0 Å². The van der Waals surface area contributed by atoms with Crippen molar-refractivity contribution in [3.05, 3.63) is 23.0 Å². The van der Waals surface area contributed by atoms with E-state index in [-0.39, 0.29) is 0 Å². The number of nitrogen functional groups attached to an aromatic ring is 1. The topological polar surface area (TPSA) is 47.1 Å². The molecule has 0 amide bonds. The largest absolute Gasteiger partial charge is 0.398 e. The molecule has 0 fully saturated rings. The van der Waals surface area contributed by atoms with Gasteiger partial charge in [0.2, 0.25) is 0 Å². The molecular formula is C18H28N4. The lowest BCUT2D eigenvalue weighted by Crippen LogP contribution is -2.15. The Morgan fingerprint density at radius 1 is 1.23 bits per heavy atom. The van der Waals surface area contributed by atoms with Gasteiger partial charge in [0.1, 0.15) is 5.65 Å². The summed E-state index contributed by atoms with van der Waals surface area (Å²) < 4.78 is 2.35. The SMILES string of the molecule is Cc1cc2c(N)c3c(nc2n1CCCN(C)C)CCCCC3. The molecule has 1 aliphatic carbocycles. The van der Waals surface area contributed by atoms with Crippen LogP contribution in [0.2, 0.25) is 0 Å². The molecule has 2 aromatic heterocycles. The summed E-state index contributed by atoms with van der Waals surface area (Å²) >= 11 is 0. The molecule has 0 aromatic carbocycles. The highest BCUT2D eigenvalue weighted by Crippen LogP contribution is 2.32. The van der Waals surface area contributed by atoms with Gasteiger partial charge < -0.3 is 15.2 Å². The van der Waals surface area contributed by atoms with Gasteiger partial charge in [-0.2, -0.15) is 0 Å². The van der Waals surface area contributed by atoms with Crippen LogP contribution in [0, 0.1) is 6.92 Å². The number of nitrogens with two attached hydrogens (primary N) is 1. The zero-order chi connectivity index (χ0) is 15.7. The molecule has 0 aliphatic heterocycles. The molecule has 0 saturated heterocycles. The Morgan fingerprint density at radius 2 is 2.00 bits per heavy atom. The average Bonchev–Trinajstić information content (AvgIpc) is 2.65. The summed E-state index contributed by atoms with van der Waals surface area (Å²) in [6.07, 6.45) is 7.09. The Hall–Kier alpha value is -1.55. The second-order valence-electron chi connectivity index (χ2n) is 6.84. The predicted molar refractivity (Wildman–Crippen MR) is 93.3 cm³/mol. The van der Waals surface area contributed by atoms with Crippen molar-refractivity contribution < 1.29 is 0 Å². The number of aromatic nitrogens is 2. The Balaban J connectivity index is 2.01. The summed E-state index contributed by atoms with van der Waals surface area (Å²) in [4.78, 5) is 7.26. The minimum absolute atomic E-state index is 0.983. The van der Waals surface area contributed by atoms with Crippen molar-refractivity contribution in [1.29, 1.82) is 0 Å². The highest BCUT2D eigenvalue weighted by atomic mass is 15.1. The van der Waals surface area contributed by atoms with Crippen LogP contribution in [-0.4, -0.2) is 35.1 Å². The molecule has 3 rings (SSSR count). The van der Waals surface area contributed by atoms with Crippen molar-refractivity contribution in [2.75, 3.05) is 26.4 Å². The first-order chi connectivity index (χ1) is 10.6. The Morgan fingerprint density at radius 3 is 2.77 bits per heavy atom. The van der Waals surface area contributed by atoms with E-state index in [1.807, 2.05) is 0 Å². The van der Waals surface area contributed by atoms with Crippen LogP contribution in [0.4, 0.5) is 5.69 Å². The van der Waals surface area contributed by atoms with Crippen LogP contribution in [-0.2, 0) is 19.4 Å². The molecule has 0 bridgehead atoms. The summed E-state index contributed by atoms with van der Waals surface area (Å²) in [5.41, 5.74) is 12.4. The third-order valence-corrected chi connectivity index (χ3v) is 4.81. The van der Waals surface area contributed by atoms with E-state index in [1.165, 1.54) is 36.2 Å². The number of rotatable bonds is 4. The molecule has 2 N–H and O–H groups in total. The highest BCUT2D eigenvalue weighted by molar-refractivity contribution is 5.91. The molecular weight excluding hydrogens is 272 g/mol. The van der Waals surface area contributed by atoms with Crippen LogP contribution < -0.4 is 5.73 Å². The maximum absolute atomic E-state index is 6.51. The second kappa shape index (κ2) is 6.29. The Bertz CT molecular complexity index is 670. The zero-order valence-corrected chi connectivity index (χ0v) is 14.2. The Kier molecular flexibility index (Phi) is 4.39. The van der Waals surface area contributed by atoms with Crippen molar-refractivity contribution in [3.63, 3.8) is 0 Å². The molecule has 2 aromatic rings. The van der Waals surface area contributed by atoms with Gasteiger partial charge in [0.15, 0.2) is 0 Å². The minimum atomic E-state index is 0.983. The first kappa shape index (κ1) is 15.3. The number of hydrogen-bond donors (Lipinski definition) is 1. The fourth-order valence-corrected chi connectivity index (χ4v) is 3.58. The molecule has 120 valence electrons. The van der Waals surface area contributed by atoms with Crippen LogP contribution in [0.3, 0.4) is 0 Å². The molecule has 0 atom stereocenters. The summed E-state index contributed by atoms with van der Waals surface area (Å²) in [7, 11) is 4.24. The van der Waals surface area contributed by atoms with Crippen molar-refractivity contribution in [2.45, 2.75) is 52.0 Å². The average molecular weight is 300 g/mol. The van der Waals surface area contributed by atoms with Gasteiger partial charge in [-0.3, -0.25) is 0 Å². The lowest BCUT2D eigenvalue weighted by Gasteiger charge is -2.14. The van der Waals surface area contributed by atoms with E-state index in [0.717, 1.165) is 49.1 Å². The first-order valence-electron chi connectivity index (χ1n) is 8.49. The number of nitrogens with zero attached hydrogens (tertiary/aromatic N) is 3. The van der Waals surface area contributed by atoms with E-state index in [9.17, 15) is 0 Å². The zero-order valence-electron chi connectivity index (χ0n) is 14.2. The predicted octanol–water partition coefficient (Wildman–Crippen LogP) is 3.15. The number of fused-ring (bicyclic) bond motifs is 2. The van der Waals surface area contributed by atoms with Crippen molar-refractivity contribution in [1.82, 2.24) is 14.5 Å². The van der Waals surface area contributed by atoms with E-state index in [2.05, 4.69) is 36.6 Å². The molecule has 0 radical (unpaired) electrons. The first-order valence-corrected chi connectivity index (χ1v) is 8.49. The maximum Gasteiger partial charge on any atom is 0.142 e. The minimum Gasteiger partial charge on any atom is -0.398 e. The molecule has 22 heavy (non-hydrogen) atoms.